The van der Waals surface area contributed by atoms with Crippen molar-refractivity contribution in [2.24, 2.45) is 5.16 Å². The van der Waals surface area contributed by atoms with Gasteiger partial charge >= 0.3 is 5.97 Å². The van der Waals surface area contributed by atoms with Crippen LogP contribution in [0.3, 0.4) is 0 Å². The number of oxime groups is 1. The average Bonchev–Trinajstić information content (AvgIpc) is 3.11. The molecule has 0 saturated carbocycles. The smallest absolute Gasteiger partial charge is 0.352 e. The molecule has 3 heterocycles. The summed E-state index contributed by atoms with van der Waals surface area (Å²) in [7, 11) is 1.30. The van der Waals surface area contributed by atoms with Gasteiger partial charge in [0.15, 0.2) is 5.16 Å². The van der Waals surface area contributed by atoms with Crippen LogP contribution in [0.15, 0.2) is 27.9 Å². The topological polar surface area (TPSA) is 150 Å². The third-order valence-corrected chi connectivity index (χ3v) is 5.86. The van der Waals surface area contributed by atoms with Gasteiger partial charge in [0.2, 0.25) is 5.91 Å². The predicted molar refractivity (Wildman–Crippen MR) is 92.0 cm³/mol. The van der Waals surface area contributed by atoms with Crippen LogP contribution in [0.1, 0.15) is 6.42 Å². The number of aromatic amines is 1. The van der Waals surface area contributed by atoms with Crippen LogP contribution in [-0.4, -0.2) is 72.8 Å². The Balaban J connectivity index is 1.88. The zero-order valence-corrected chi connectivity index (χ0v) is 15.0. The number of carboxylic acids is 1. The van der Waals surface area contributed by atoms with E-state index in [0.717, 1.165) is 6.21 Å². The number of rotatable bonds is 7. The number of hydrogen-bond donors (Lipinski definition) is 3. The highest BCUT2D eigenvalue weighted by molar-refractivity contribution is 8.01. The molecule has 1 fully saturated rings. The number of hydrogen-bond acceptors (Lipinski definition) is 9. The summed E-state index contributed by atoms with van der Waals surface area (Å²) in [6.45, 7) is 0. The standard InChI is InChI=1S/C13H14N6O5S2/c1-24-16-3-7(20)17-11-6(4-25-13-14-5-15-18-13)10(12(22)23)19-8(21)2-9(19)26-11/h3,5,9,11H,2,4H2,1H3,(H,17,20)(H,22,23)(H,14,15,18)/t9-,11?/m1/s1. The van der Waals surface area contributed by atoms with Crippen molar-refractivity contribution in [2.75, 3.05) is 12.9 Å². The van der Waals surface area contributed by atoms with Gasteiger partial charge in [-0.2, -0.15) is 5.10 Å². The van der Waals surface area contributed by atoms with E-state index in [4.69, 9.17) is 0 Å². The maximum atomic E-state index is 12.0. The zero-order valence-electron chi connectivity index (χ0n) is 13.4. The summed E-state index contributed by atoms with van der Waals surface area (Å²) in [5, 5.41) is 21.7. The minimum Gasteiger partial charge on any atom is -0.477 e. The van der Waals surface area contributed by atoms with Crippen LogP contribution in [0.5, 0.6) is 0 Å². The molecule has 3 rings (SSSR count). The maximum Gasteiger partial charge on any atom is 0.352 e. The van der Waals surface area contributed by atoms with Gasteiger partial charge in [-0.05, 0) is 0 Å². The van der Waals surface area contributed by atoms with Crippen LogP contribution in [0.25, 0.3) is 0 Å². The van der Waals surface area contributed by atoms with Gasteiger partial charge < -0.3 is 15.3 Å². The molecule has 0 bridgehead atoms. The molecule has 1 aromatic heterocycles. The number of β-lactam (4-membered cyclic amide) rings is 1. The van der Waals surface area contributed by atoms with Crippen LogP contribution in [0.2, 0.25) is 0 Å². The molecule has 2 amide bonds. The number of carbonyl (C=O) groups is 3. The Morgan fingerprint density at radius 1 is 1.65 bits per heavy atom. The highest BCUT2D eigenvalue weighted by Crippen LogP contribution is 2.44. The summed E-state index contributed by atoms with van der Waals surface area (Å²) in [5.74, 6) is -1.81. The van der Waals surface area contributed by atoms with Crippen LogP contribution in [0.4, 0.5) is 0 Å². The second-order valence-electron chi connectivity index (χ2n) is 5.12. The molecule has 0 aromatic carbocycles. The first-order valence-electron chi connectivity index (χ1n) is 7.30. The molecule has 0 spiro atoms. The lowest BCUT2D eigenvalue weighted by molar-refractivity contribution is -0.146. The van der Waals surface area contributed by atoms with Crippen molar-refractivity contribution in [1.29, 1.82) is 0 Å². The van der Waals surface area contributed by atoms with E-state index in [0.29, 0.717) is 10.7 Å². The molecule has 0 aliphatic carbocycles. The Kier molecular flexibility index (Phi) is 5.46. The Labute approximate surface area is 155 Å². The number of thioether (sulfide) groups is 2. The van der Waals surface area contributed by atoms with Crippen molar-refractivity contribution in [3.63, 3.8) is 0 Å². The van der Waals surface area contributed by atoms with Gasteiger partial charge in [0.05, 0.1) is 11.8 Å². The average molecular weight is 398 g/mol. The summed E-state index contributed by atoms with van der Waals surface area (Å²) in [5.41, 5.74) is 0.290. The molecule has 2 aliphatic heterocycles. The largest absolute Gasteiger partial charge is 0.477 e. The van der Waals surface area contributed by atoms with Crippen molar-refractivity contribution in [2.45, 2.75) is 22.3 Å². The third-order valence-electron chi connectivity index (χ3n) is 3.57. The van der Waals surface area contributed by atoms with Crippen LogP contribution in [0, 0.1) is 0 Å². The molecule has 26 heavy (non-hydrogen) atoms. The van der Waals surface area contributed by atoms with E-state index in [2.05, 4.69) is 30.5 Å². The molecule has 2 aliphatic rings. The molecule has 11 nitrogen and oxygen atoms in total. The van der Waals surface area contributed by atoms with Crippen LogP contribution in [-0.2, 0) is 19.2 Å². The monoisotopic (exact) mass is 398 g/mol. The quantitative estimate of drug-likeness (QED) is 0.242. The molecule has 138 valence electrons. The fourth-order valence-corrected chi connectivity index (χ4v) is 4.85. The van der Waals surface area contributed by atoms with Crippen molar-refractivity contribution in [1.82, 2.24) is 25.4 Å². The molecular formula is C13H14N6O5S2. The minimum atomic E-state index is -1.22. The van der Waals surface area contributed by atoms with Gasteiger partial charge in [0.25, 0.3) is 5.91 Å². The number of aromatic nitrogens is 3. The summed E-state index contributed by atoms with van der Waals surface area (Å²) in [6, 6.07) is 0. The zero-order chi connectivity index (χ0) is 18.7. The number of aliphatic carboxylic acids is 1. The highest BCUT2D eigenvalue weighted by atomic mass is 32.2. The van der Waals surface area contributed by atoms with Gasteiger partial charge in [0, 0.05) is 11.3 Å². The fraction of sp³-hybridized carbons (Fsp3) is 0.385. The number of nitrogens with zero attached hydrogens (tertiary/aromatic N) is 4. The van der Waals surface area contributed by atoms with E-state index in [1.165, 1.54) is 41.9 Å². The summed E-state index contributed by atoms with van der Waals surface area (Å²) >= 11 is 2.52. The van der Waals surface area contributed by atoms with Crippen molar-refractivity contribution < 1.29 is 24.3 Å². The van der Waals surface area contributed by atoms with E-state index in [1.54, 1.807) is 0 Å². The normalized spacial score (nSPS) is 22.2. The number of amides is 2. The number of carbonyl (C=O) groups excluding carboxylic acids is 2. The minimum absolute atomic E-state index is 0.106. The van der Waals surface area contributed by atoms with E-state index in [1.807, 2.05) is 0 Å². The van der Waals surface area contributed by atoms with Gasteiger partial charge in [-0.15, -0.1) is 11.8 Å². The van der Waals surface area contributed by atoms with Crippen molar-refractivity contribution >= 4 is 47.5 Å². The van der Waals surface area contributed by atoms with E-state index >= 15 is 0 Å². The lowest BCUT2D eigenvalue weighted by atomic mass is 10.1. The second kappa shape index (κ2) is 7.78. The Morgan fingerprint density at radius 2 is 2.46 bits per heavy atom. The number of H-pyrrole nitrogens is 1. The third kappa shape index (κ3) is 3.67. The number of nitrogens with one attached hydrogen (secondary N) is 2. The Morgan fingerprint density at radius 3 is 3.08 bits per heavy atom. The van der Waals surface area contributed by atoms with Gasteiger partial charge in [0.1, 0.15) is 30.7 Å². The lowest BCUT2D eigenvalue weighted by Crippen LogP contribution is -2.57. The molecular weight excluding hydrogens is 384 g/mol. The first kappa shape index (κ1) is 18.3. The summed E-state index contributed by atoms with van der Waals surface area (Å²) < 4.78 is 0. The highest BCUT2D eigenvalue weighted by Gasteiger charge is 2.48. The molecule has 3 N–H and O–H groups in total. The fourth-order valence-electron chi connectivity index (χ4n) is 2.47. The second-order valence-corrected chi connectivity index (χ2v) is 7.37. The van der Waals surface area contributed by atoms with E-state index < -0.39 is 17.3 Å². The van der Waals surface area contributed by atoms with Gasteiger partial charge in [-0.3, -0.25) is 19.6 Å². The Bertz CT molecular complexity index is 780. The number of carboxylic acid groups (broad SMARTS) is 1. The van der Waals surface area contributed by atoms with Crippen LogP contribution < -0.4 is 5.32 Å². The van der Waals surface area contributed by atoms with Crippen molar-refractivity contribution in [3.8, 4) is 0 Å². The number of fused-ring (bicyclic) bond motifs is 1. The van der Waals surface area contributed by atoms with Crippen LogP contribution >= 0.6 is 23.5 Å². The predicted octanol–water partition coefficient (Wildman–Crippen LogP) is -0.385. The molecule has 0 radical (unpaired) electrons. The molecule has 1 unspecified atom stereocenters. The summed E-state index contributed by atoms with van der Waals surface area (Å²) in [6.07, 6.45) is 2.52. The first-order valence-corrected chi connectivity index (χ1v) is 9.23. The SMILES string of the molecule is CON=CC(=O)NC1S[C@@H]2CC(=O)N2C(C(=O)O)=C1CSc1ncn[nH]1. The first-order chi connectivity index (χ1) is 12.5. The lowest BCUT2D eigenvalue weighted by Gasteiger charge is -2.46. The van der Waals surface area contributed by atoms with Gasteiger partial charge in [-0.1, -0.05) is 16.9 Å². The van der Waals surface area contributed by atoms with Gasteiger partial charge in [-0.25, -0.2) is 9.78 Å². The Hall–Kier alpha value is -2.54. The van der Waals surface area contributed by atoms with E-state index in [-0.39, 0.29) is 29.2 Å². The summed E-state index contributed by atoms with van der Waals surface area (Å²) in [4.78, 5) is 45.3. The molecule has 1 aromatic rings. The maximum absolute atomic E-state index is 12.0. The van der Waals surface area contributed by atoms with Crippen molar-refractivity contribution in [3.05, 3.63) is 17.6 Å². The molecule has 2 atom stereocenters. The molecule has 13 heteroatoms. The van der Waals surface area contributed by atoms with E-state index in [9.17, 15) is 19.5 Å². The molecule has 1 saturated heterocycles.